The zero-order chi connectivity index (χ0) is 21.2. The largest absolute Gasteiger partial charge is 0.454 e. The van der Waals surface area contributed by atoms with Crippen molar-refractivity contribution in [2.24, 2.45) is 0 Å². The highest BCUT2D eigenvalue weighted by molar-refractivity contribution is 7.80. The monoisotopic (exact) mass is 457 g/mol. The SMILES string of the molecule is O=c1[nH]c2cc3c(cc2cc1CN(Cc1cccs1)C(=S)NC[C@H]1CCCO1)OCO3. The highest BCUT2D eigenvalue weighted by Gasteiger charge is 2.20. The molecule has 1 aromatic carbocycles. The quantitative estimate of drug-likeness (QED) is 0.550. The van der Waals surface area contributed by atoms with Gasteiger partial charge in [-0.15, -0.1) is 11.3 Å². The number of hydrogen-bond acceptors (Lipinski definition) is 6. The van der Waals surface area contributed by atoms with Gasteiger partial charge in [0.25, 0.3) is 5.56 Å². The van der Waals surface area contributed by atoms with Crippen molar-refractivity contribution in [3.05, 3.63) is 56.5 Å². The fraction of sp³-hybridized carbons (Fsp3) is 0.364. The first kappa shape index (κ1) is 20.3. The summed E-state index contributed by atoms with van der Waals surface area (Å²) >= 11 is 7.37. The van der Waals surface area contributed by atoms with Gasteiger partial charge < -0.3 is 29.4 Å². The maximum Gasteiger partial charge on any atom is 0.253 e. The number of pyridine rings is 1. The number of aromatic nitrogens is 1. The fourth-order valence-electron chi connectivity index (χ4n) is 3.87. The Morgan fingerprint density at radius 1 is 1.26 bits per heavy atom. The van der Waals surface area contributed by atoms with E-state index in [1.165, 1.54) is 4.88 Å². The molecule has 0 amide bonds. The van der Waals surface area contributed by atoms with Gasteiger partial charge in [0.05, 0.1) is 24.7 Å². The molecule has 0 aliphatic carbocycles. The standard InChI is InChI=1S/C22H23N3O4S2/c26-21-15(7-14-8-19-20(29-13-28-19)9-18(14)24-21)11-25(12-17-4-2-6-31-17)22(30)23-10-16-3-1-5-27-16/h2,4,6-9,16H,1,3,5,10-13H2,(H,23,30)(H,24,26)/t16-/m1/s1. The summed E-state index contributed by atoms with van der Waals surface area (Å²) in [7, 11) is 0. The lowest BCUT2D eigenvalue weighted by Gasteiger charge is -2.26. The third-order valence-corrected chi connectivity index (χ3v) is 6.76. The molecular formula is C22H23N3O4S2. The number of H-pyrrole nitrogens is 1. The van der Waals surface area contributed by atoms with Crippen LogP contribution in [-0.2, 0) is 17.8 Å². The van der Waals surface area contributed by atoms with Crippen molar-refractivity contribution in [3.8, 4) is 11.5 Å². The van der Waals surface area contributed by atoms with E-state index >= 15 is 0 Å². The highest BCUT2D eigenvalue weighted by Crippen LogP contribution is 2.35. The van der Waals surface area contributed by atoms with E-state index < -0.39 is 0 Å². The van der Waals surface area contributed by atoms with Gasteiger partial charge in [-0.1, -0.05) is 6.07 Å². The van der Waals surface area contributed by atoms with Gasteiger partial charge in [-0.2, -0.15) is 0 Å². The van der Waals surface area contributed by atoms with E-state index in [2.05, 4.69) is 16.4 Å². The molecule has 2 aliphatic rings. The molecule has 1 atom stereocenters. The minimum absolute atomic E-state index is 0.135. The number of nitrogens with zero attached hydrogens (tertiary/aromatic N) is 1. The topological polar surface area (TPSA) is 75.8 Å². The molecule has 1 saturated heterocycles. The molecule has 0 radical (unpaired) electrons. The Labute approximate surface area is 188 Å². The molecule has 2 aliphatic heterocycles. The van der Waals surface area contributed by atoms with Crippen LogP contribution in [0.3, 0.4) is 0 Å². The van der Waals surface area contributed by atoms with Crippen molar-refractivity contribution < 1.29 is 14.2 Å². The Kier molecular flexibility index (Phi) is 5.80. The van der Waals surface area contributed by atoms with Gasteiger partial charge in [0.1, 0.15) is 0 Å². The molecule has 3 aromatic rings. The van der Waals surface area contributed by atoms with E-state index in [9.17, 15) is 4.79 Å². The first-order chi connectivity index (χ1) is 15.2. The van der Waals surface area contributed by atoms with Crippen LogP contribution in [0.15, 0.2) is 40.5 Å². The Morgan fingerprint density at radius 2 is 2.13 bits per heavy atom. The number of benzene rings is 1. The zero-order valence-electron chi connectivity index (χ0n) is 16.9. The molecule has 7 nitrogen and oxygen atoms in total. The molecule has 31 heavy (non-hydrogen) atoms. The molecule has 1 fully saturated rings. The molecule has 0 spiro atoms. The molecule has 0 unspecified atom stereocenters. The van der Waals surface area contributed by atoms with Crippen LogP contribution >= 0.6 is 23.6 Å². The first-order valence-corrected chi connectivity index (χ1v) is 11.6. The maximum absolute atomic E-state index is 12.8. The molecule has 9 heteroatoms. The summed E-state index contributed by atoms with van der Waals surface area (Å²) in [5.41, 5.74) is 1.23. The van der Waals surface area contributed by atoms with E-state index in [1.807, 2.05) is 28.5 Å². The van der Waals surface area contributed by atoms with Crippen molar-refractivity contribution in [1.29, 1.82) is 0 Å². The second-order valence-corrected chi connectivity index (χ2v) is 9.09. The van der Waals surface area contributed by atoms with Gasteiger partial charge in [-0.25, -0.2) is 0 Å². The number of rotatable bonds is 6. The van der Waals surface area contributed by atoms with E-state index in [1.54, 1.807) is 17.4 Å². The predicted octanol–water partition coefficient (Wildman–Crippen LogP) is 3.37. The first-order valence-electron chi connectivity index (χ1n) is 10.3. The van der Waals surface area contributed by atoms with E-state index in [-0.39, 0.29) is 18.5 Å². The second-order valence-electron chi connectivity index (χ2n) is 7.67. The lowest BCUT2D eigenvalue weighted by Crippen LogP contribution is -2.42. The van der Waals surface area contributed by atoms with Crippen LogP contribution in [0, 0.1) is 0 Å². The average molecular weight is 458 g/mol. The number of hydrogen-bond donors (Lipinski definition) is 2. The number of fused-ring (bicyclic) bond motifs is 2. The van der Waals surface area contributed by atoms with E-state index in [0.29, 0.717) is 41.8 Å². The second kappa shape index (κ2) is 8.86. The molecule has 0 saturated carbocycles. The van der Waals surface area contributed by atoms with Crippen LogP contribution in [0.4, 0.5) is 0 Å². The third kappa shape index (κ3) is 4.53. The third-order valence-electron chi connectivity index (χ3n) is 5.49. The number of thiocarbonyl (C=S) groups is 1. The van der Waals surface area contributed by atoms with Gasteiger partial charge >= 0.3 is 0 Å². The van der Waals surface area contributed by atoms with Gasteiger partial charge in [-0.3, -0.25) is 4.79 Å². The summed E-state index contributed by atoms with van der Waals surface area (Å²) in [6.07, 6.45) is 2.32. The van der Waals surface area contributed by atoms with Gasteiger partial charge in [-0.05, 0) is 48.6 Å². The Balaban J connectivity index is 1.38. The average Bonchev–Trinajstić information content (AvgIpc) is 3.53. The van der Waals surface area contributed by atoms with Crippen molar-refractivity contribution in [2.75, 3.05) is 19.9 Å². The minimum atomic E-state index is -0.135. The summed E-state index contributed by atoms with van der Waals surface area (Å²) in [5.74, 6) is 1.34. The Hall–Kier alpha value is -2.62. The van der Waals surface area contributed by atoms with Crippen LogP contribution in [0.5, 0.6) is 11.5 Å². The zero-order valence-corrected chi connectivity index (χ0v) is 18.5. The highest BCUT2D eigenvalue weighted by atomic mass is 32.1. The van der Waals surface area contributed by atoms with Gasteiger partial charge in [0.15, 0.2) is 16.6 Å². The molecule has 2 aromatic heterocycles. The summed E-state index contributed by atoms with van der Waals surface area (Å²) < 4.78 is 16.6. The molecule has 4 heterocycles. The predicted molar refractivity (Wildman–Crippen MR) is 124 cm³/mol. The van der Waals surface area contributed by atoms with E-state index in [0.717, 1.165) is 30.4 Å². The smallest absolute Gasteiger partial charge is 0.253 e. The minimum Gasteiger partial charge on any atom is -0.454 e. The van der Waals surface area contributed by atoms with Crippen LogP contribution in [0.25, 0.3) is 10.9 Å². The summed E-state index contributed by atoms with van der Waals surface area (Å²) in [4.78, 5) is 19.0. The summed E-state index contributed by atoms with van der Waals surface area (Å²) in [6, 6.07) is 9.70. The Morgan fingerprint density at radius 3 is 2.90 bits per heavy atom. The van der Waals surface area contributed by atoms with Crippen LogP contribution in [0.2, 0.25) is 0 Å². The molecule has 2 N–H and O–H groups in total. The van der Waals surface area contributed by atoms with E-state index in [4.69, 9.17) is 26.4 Å². The van der Waals surface area contributed by atoms with Crippen molar-refractivity contribution >= 4 is 39.6 Å². The number of aromatic amines is 1. The molecule has 5 rings (SSSR count). The van der Waals surface area contributed by atoms with Crippen molar-refractivity contribution in [1.82, 2.24) is 15.2 Å². The van der Waals surface area contributed by atoms with Crippen LogP contribution < -0.4 is 20.3 Å². The summed E-state index contributed by atoms with van der Waals surface area (Å²) in [6.45, 7) is 2.71. The van der Waals surface area contributed by atoms with Gasteiger partial charge in [0, 0.05) is 35.0 Å². The van der Waals surface area contributed by atoms with Crippen molar-refractivity contribution in [3.63, 3.8) is 0 Å². The normalized spacial score (nSPS) is 17.2. The molecule has 162 valence electrons. The van der Waals surface area contributed by atoms with Crippen molar-refractivity contribution in [2.45, 2.75) is 32.0 Å². The number of thiophene rings is 1. The lowest BCUT2D eigenvalue weighted by atomic mass is 10.1. The molecular weight excluding hydrogens is 434 g/mol. The van der Waals surface area contributed by atoms with Crippen LogP contribution in [-0.4, -0.2) is 41.0 Å². The maximum atomic E-state index is 12.8. The van der Waals surface area contributed by atoms with Crippen LogP contribution in [0.1, 0.15) is 23.3 Å². The number of ether oxygens (including phenoxy) is 3. The Bertz CT molecular complexity index is 1140. The fourth-order valence-corrected chi connectivity index (χ4v) is 4.80. The summed E-state index contributed by atoms with van der Waals surface area (Å²) in [5, 5.41) is 6.90. The molecule has 0 bridgehead atoms. The lowest BCUT2D eigenvalue weighted by molar-refractivity contribution is 0.113. The number of nitrogens with one attached hydrogen (secondary N) is 2. The van der Waals surface area contributed by atoms with Gasteiger partial charge in [0.2, 0.25) is 6.79 Å².